The number of aliphatic hydroxyl groups is 1. The summed E-state index contributed by atoms with van der Waals surface area (Å²) in [7, 11) is 0. The molecule has 17 heavy (non-hydrogen) atoms. The molecule has 1 aromatic rings. The van der Waals surface area contributed by atoms with Gasteiger partial charge in [-0.1, -0.05) is 0 Å². The number of pyridine rings is 1. The van der Waals surface area contributed by atoms with Gasteiger partial charge in [-0.3, -0.25) is 9.78 Å². The van der Waals surface area contributed by atoms with Gasteiger partial charge in [0.1, 0.15) is 0 Å². The van der Waals surface area contributed by atoms with E-state index in [1.807, 2.05) is 26.8 Å². The van der Waals surface area contributed by atoms with Crippen LogP contribution in [0.1, 0.15) is 36.2 Å². The van der Waals surface area contributed by atoms with Crippen LogP contribution in [-0.4, -0.2) is 40.1 Å². The molecule has 1 aromatic heterocycles. The maximum absolute atomic E-state index is 12.2. The van der Waals surface area contributed by atoms with E-state index in [4.69, 9.17) is 5.11 Å². The highest BCUT2D eigenvalue weighted by atomic mass is 16.3. The molecule has 94 valence electrons. The molecule has 4 nitrogen and oxygen atoms in total. The second-order valence-electron chi connectivity index (χ2n) is 4.42. The summed E-state index contributed by atoms with van der Waals surface area (Å²) in [5, 5.41) is 8.84. The molecule has 1 N–H and O–H groups in total. The minimum absolute atomic E-state index is 0.0235. The lowest BCUT2D eigenvalue weighted by molar-refractivity contribution is 0.0692. The van der Waals surface area contributed by atoms with E-state index >= 15 is 0 Å². The Hall–Kier alpha value is -1.42. The van der Waals surface area contributed by atoms with Crippen LogP contribution in [0.5, 0.6) is 0 Å². The van der Waals surface area contributed by atoms with E-state index in [0.29, 0.717) is 18.5 Å². The lowest BCUT2D eigenvalue weighted by Gasteiger charge is -2.26. The third-order valence-corrected chi connectivity index (χ3v) is 2.56. The molecule has 1 rings (SSSR count). The van der Waals surface area contributed by atoms with Crippen molar-refractivity contribution in [3.8, 4) is 0 Å². The van der Waals surface area contributed by atoms with Gasteiger partial charge in [0.2, 0.25) is 0 Å². The van der Waals surface area contributed by atoms with Gasteiger partial charge in [0.15, 0.2) is 0 Å². The first-order valence-corrected chi connectivity index (χ1v) is 5.89. The number of carbonyl (C=O) groups is 1. The Kier molecular flexibility index (Phi) is 5.10. The van der Waals surface area contributed by atoms with Crippen molar-refractivity contribution in [2.24, 2.45) is 0 Å². The molecule has 1 amide bonds. The van der Waals surface area contributed by atoms with Crippen LogP contribution in [0.25, 0.3) is 0 Å². The van der Waals surface area contributed by atoms with E-state index in [1.54, 1.807) is 17.3 Å². The van der Waals surface area contributed by atoms with Crippen molar-refractivity contribution in [3.05, 3.63) is 29.6 Å². The Labute approximate surface area is 102 Å². The van der Waals surface area contributed by atoms with Crippen molar-refractivity contribution in [2.45, 2.75) is 33.2 Å². The number of aromatic nitrogens is 1. The fourth-order valence-corrected chi connectivity index (χ4v) is 1.67. The SMILES string of the molecule is Cc1cncc(C(=O)N(CCCO)C(C)C)c1. The van der Waals surface area contributed by atoms with Gasteiger partial charge < -0.3 is 10.0 Å². The number of amides is 1. The highest BCUT2D eigenvalue weighted by Crippen LogP contribution is 2.09. The molecule has 0 saturated carbocycles. The highest BCUT2D eigenvalue weighted by Gasteiger charge is 2.18. The summed E-state index contributed by atoms with van der Waals surface area (Å²) in [4.78, 5) is 18.0. The fourth-order valence-electron chi connectivity index (χ4n) is 1.67. The topological polar surface area (TPSA) is 53.4 Å². The fraction of sp³-hybridized carbons (Fsp3) is 0.538. The molecule has 0 radical (unpaired) electrons. The quantitative estimate of drug-likeness (QED) is 0.845. The average Bonchev–Trinajstić information content (AvgIpc) is 2.29. The van der Waals surface area contributed by atoms with Gasteiger partial charge >= 0.3 is 0 Å². The minimum Gasteiger partial charge on any atom is -0.396 e. The predicted molar refractivity (Wildman–Crippen MR) is 66.8 cm³/mol. The molecule has 0 aliphatic heterocycles. The Balaban J connectivity index is 2.84. The molecule has 1 heterocycles. The van der Waals surface area contributed by atoms with Gasteiger partial charge in [-0.05, 0) is 38.8 Å². The van der Waals surface area contributed by atoms with E-state index in [9.17, 15) is 4.79 Å². The number of aryl methyl sites for hydroxylation is 1. The number of nitrogens with zero attached hydrogens (tertiary/aromatic N) is 2. The first-order chi connectivity index (χ1) is 8.06. The molecule has 0 bridgehead atoms. The standard InChI is InChI=1S/C13H20N2O2/c1-10(2)15(5-4-6-16)13(17)12-7-11(3)8-14-9-12/h7-10,16H,4-6H2,1-3H3. The summed E-state index contributed by atoms with van der Waals surface area (Å²) < 4.78 is 0. The van der Waals surface area contributed by atoms with Crippen LogP contribution < -0.4 is 0 Å². The van der Waals surface area contributed by atoms with E-state index < -0.39 is 0 Å². The molecule has 0 aliphatic rings. The zero-order valence-electron chi connectivity index (χ0n) is 10.7. The molecule has 0 aromatic carbocycles. The monoisotopic (exact) mass is 236 g/mol. The van der Waals surface area contributed by atoms with E-state index in [1.165, 1.54) is 0 Å². The molecule has 0 aliphatic carbocycles. The number of hydrogen-bond acceptors (Lipinski definition) is 3. The van der Waals surface area contributed by atoms with Crippen molar-refractivity contribution in [3.63, 3.8) is 0 Å². The van der Waals surface area contributed by atoms with E-state index in [-0.39, 0.29) is 18.6 Å². The first kappa shape index (κ1) is 13.6. The third-order valence-electron chi connectivity index (χ3n) is 2.56. The lowest BCUT2D eigenvalue weighted by atomic mass is 10.1. The van der Waals surface area contributed by atoms with Crippen LogP contribution in [0, 0.1) is 6.92 Å². The van der Waals surface area contributed by atoms with Crippen LogP contribution in [0.4, 0.5) is 0 Å². The van der Waals surface area contributed by atoms with Crippen molar-refractivity contribution in [1.29, 1.82) is 0 Å². The Morgan fingerprint density at radius 2 is 2.18 bits per heavy atom. The van der Waals surface area contributed by atoms with Crippen LogP contribution in [0.2, 0.25) is 0 Å². The Bertz CT molecular complexity index is 377. The number of carbonyl (C=O) groups excluding carboxylic acids is 1. The van der Waals surface area contributed by atoms with E-state index in [2.05, 4.69) is 4.98 Å². The summed E-state index contributed by atoms with van der Waals surface area (Å²) >= 11 is 0. The summed E-state index contributed by atoms with van der Waals surface area (Å²) in [6.45, 7) is 6.53. The van der Waals surface area contributed by atoms with Gasteiger partial charge in [-0.2, -0.15) is 0 Å². The largest absolute Gasteiger partial charge is 0.396 e. The van der Waals surface area contributed by atoms with Gasteiger partial charge in [0, 0.05) is 31.6 Å². The second kappa shape index (κ2) is 6.35. The van der Waals surface area contributed by atoms with E-state index in [0.717, 1.165) is 5.56 Å². The van der Waals surface area contributed by atoms with Crippen LogP contribution in [-0.2, 0) is 0 Å². The highest BCUT2D eigenvalue weighted by molar-refractivity contribution is 5.94. The maximum Gasteiger partial charge on any atom is 0.255 e. The minimum atomic E-state index is -0.0235. The molecule has 4 heteroatoms. The molecular weight excluding hydrogens is 216 g/mol. The van der Waals surface area contributed by atoms with Gasteiger partial charge in [0.05, 0.1) is 5.56 Å². The predicted octanol–water partition coefficient (Wildman–Crippen LogP) is 1.62. The lowest BCUT2D eigenvalue weighted by Crippen LogP contribution is -2.38. The number of aliphatic hydroxyl groups excluding tert-OH is 1. The average molecular weight is 236 g/mol. The maximum atomic E-state index is 12.2. The number of hydrogen-bond donors (Lipinski definition) is 1. The Morgan fingerprint density at radius 1 is 1.47 bits per heavy atom. The molecular formula is C13H20N2O2. The van der Waals surface area contributed by atoms with Crippen LogP contribution in [0.3, 0.4) is 0 Å². The summed E-state index contributed by atoms with van der Waals surface area (Å²) in [5.41, 5.74) is 1.58. The van der Waals surface area contributed by atoms with Crippen LogP contribution in [0.15, 0.2) is 18.5 Å². The van der Waals surface area contributed by atoms with Gasteiger partial charge in [0.25, 0.3) is 5.91 Å². The molecule has 0 spiro atoms. The number of rotatable bonds is 5. The summed E-state index contributed by atoms with van der Waals surface area (Å²) in [6, 6.07) is 1.96. The molecule has 0 fully saturated rings. The van der Waals surface area contributed by atoms with Gasteiger partial charge in [-0.15, -0.1) is 0 Å². The molecule has 0 unspecified atom stereocenters. The molecule has 0 saturated heterocycles. The summed E-state index contributed by atoms with van der Waals surface area (Å²) in [5.74, 6) is -0.0235. The zero-order chi connectivity index (χ0) is 12.8. The second-order valence-corrected chi connectivity index (χ2v) is 4.42. The van der Waals surface area contributed by atoms with Crippen molar-refractivity contribution in [2.75, 3.05) is 13.2 Å². The normalized spacial score (nSPS) is 10.6. The summed E-state index contributed by atoms with van der Waals surface area (Å²) in [6.07, 6.45) is 3.91. The zero-order valence-corrected chi connectivity index (χ0v) is 10.7. The van der Waals surface area contributed by atoms with Crippen molar-refractivity contribution in [1.82, 2.24) is 9.88 Å². The van der Waals surface area contributed by atoms with Crippen molar-refractivity contribution >= 4 is 5.91 Å². The molecule has 0 atom stereocenters. The smallest absolute Gasteiger partial charge is 0.255 e. The Morgan fingerprint density at radius 3 is 2.71 bits per heavy atom. The first-order valence-electron chi connectivity index (χ1n) is 5.89. The van der Waals surface area contributed by atoms with Crippen LogP contribution >= 0.6 is 0 Å². The van der Waals surface area contributed by atoms with Gasteiger partial charge in [-0.25, -0.2) is 0 Å². The van der Waals surface area contributed by atoms with Crippen molar-refractivity contribution < 1.29 is 9.90 Å². The third kappa shape index (κ3) is 3.82.